The predicted octanol–water partition coefficient (Wildman–Crippen LogP) is 0.726. The summed E-state index contributed by atoms with van der Waals surface area (Å²) in [5, 5.41) is 17.1. The van der Waals surface area contributed by atoms with Crippen molar-refractivity contribution in [3.63, 3.8) is 0 Å². The molecule has 1 aromatic rings. The Balaban J connectivity index is 2.71. The third-order valence-electron chi connectivity index (χ3n) is 1.39. The maximum atomic E-state index is 8.68. The van der Waals surface area contributed by atoms with E-state index in [-0.39, 0.29) is 12.6 Å². The van der Waals surface area contributed by atoms with Crippen molar-refractivity contribution >= 4 is 15.9 Å². The van der Waals surface area contributed by atoms with E-state index in [2.05, 4.69) is 26.2 Å². The quantitative estimate of drug-likeness (QED) is 0.764. The molecular formula is C6H10BrN3O. The van der Waals surface area contributed by atoms with Crippen LogP contribution in [0, 0.1) is 0 Å². The minimum atomic E-state index is -0.0466. The van der Waals surface area contributed by atoms with Crippen molar-refractivity contribution in [3.05, 3.63) is 11.9 Å². The molecule has 0 fully saturated rings. The van der Waals surface area contributed by atoms with E-state index >= 15 is 0 Å². The molecular weight excluding hydrogens is 210 g/mol. The smallest absolute Gasteiger partial charge is 0.108 e. The maximum absolute atomic E-state index is 8.68. The molecule has 0 bridgehead atoms. The topological polar surface area (TPSA) is 50.9 Å². The van der Waals surface area contributed by atoms with Crippen molar-refractivity contribution in [2.75, 3.05) is 5.33 Å². The second-order valence-electron chi connectivity index (χ2n) is 2.35. The Morgan fingerprint density at radius 2 is 2.55 bits per heavy atom. The van der Waals surface area contributed by atoms with Crippen LogP contribution in [0.5, 0.6) is 0 Å². The van der Waals surface area contributed by atoms with E-state index in [1.807, 2.05) is 6.92 Å². The molecule has 0 saturated heterocycles. The molecule has 5 heteroatoms. The lowest BCUT2D eigenvalue weighted by molar-refractivity contribution is 0.276. The molecule has 0 aliphatic carbocycles. The molecule has 1 rings (SSSR count). The maximum Gasteiger partial charge on any atom is 0.108 e. The van der Waals surface area contributed by atoms with Gasteiger partial charge in [-0.15, -0.1) is 5.10 Å². The first-order valence-electron chi connectivity index (χ1n) is 3.35. The van der Waals surface area contributed by atoms with Crippen LogP contribution in [0.4, 0.5) is 0 Å². The van der Waals surface area contributed by atoms with Crippen LogP contribution in [0.25, 0.3) is 0 Å². The minimum Gasteiger partial charge on any atom is -0.390 e. The second kappa shape index (κ2) is 3.82. The van der Waals surface area contributed by atoms with Gasteiger partial charge in [-0.05, 0) is 6.92 Å². The van der Waals surface area contributed by atoms with Gasteiger partial charge < -0.3 is 5.11 Å². The molecule has 0 aromatic carbocycles. The zero-order valence-electron chi connectivity index (χ0n) is 6.24. The Hall–Kier alpha value is -0.420. The molecule has 0 aliphatic heterocycles. The lowest BCUT2D eigenvalue weighted by Crippen LogP contribution is -2.06. The van der Waals surface area contributed by atoms with Crippen LogP contribution in [0.2, 0.25) is 0 Å². The summed E-state index contributed by atoms with van der Waals surface area (Å²) >= 11 is 3.33. The third kappa shape index (κ3) is 2.00. The fraction of sp³-hybridized carbons (Fsp3) is 0.667. The number of halogens is 1. The molecule has 11 heavy (non-hydrogen) atoms. The second-order valence-corrected chi connectivity index (χ2v) is 3.00. The lowest BCUT2D eigenvalue weighted by Gasteiger charge is -2.04. The summed E-state index contributed by atoms with van der Waals surface area (Å²) in [5.74, 6) is 0. The largest absolute Gasteiger partial charge is 0.390 e. The highest BCUT2D eigenvalue weighted by Gasteiger charge is 2.04. The molecule has 1 atom stereocenters. The minimum absolute atomic E-state index is 0.0466. The average molecular weight is 220 g/mol. The zero-order valence-corrected chi connectivity index (χ0v) is 7.82. The molecule has 0 spiro atoms. The van der Waals surface area contributed by atoms with Crippen LogP contribution in [0.1, 0.15) is 18.7 Å². The number of rotatable bonds is 3. The third-order valence-corrected chi connectivity index (χ3v) is 2.33. The van der Waals surface area contributed by atoms with Gasteiger partial charge in [-0.25, -0.2) is 4.68 Å². The van der Waals surface area contributed by atoms with E-state index in [9.17, 15) is 0 Å². The van der Waals surface area contributed by atoms with Crippen LogP contribution in [0.15, 0.2) is 6.20 Å². The van der Waals surface area contributed by atoms with Gasteiger partial charge in [0.25, 0.3) is 0 Å². The van der Waals surface area contributed by atoms with Crippen LogP contribution in [-0.4, -0.2) is 25.4 Å². The molecule has 4 nitrogen and oxygen atoms in total. The summed E-state index contributed by atoms with van der Waals surface area (Å²) in [6.07, 6.45) is 1.74. The van der Waals surface area contributed by atoms with Gasteiger partial charge >= 0.3 is 0 Å². The van der Waals surface area contributed by atoms with Crippen molar-refractivity contribution in [1.29, 1.82) is 0 Å². The first-order valence-corrected chi connectivity index (χ1v) is 4.47. The van der Waals surface area contributed by atoms with Crippen molar-refractivity contribution in [2.45, 2.75) is 19.6 Å². The predicted molar refractivity (Wildman–Crippen MR) is 44.4 cm³/mol. The van der Waals surface area contributed by atoms with E-state index in [0.717, 1.165) is 5.33 Å². The van der Waals surface area contributed by atoms with Crippen molar-refractivity contribution < 1.29 is 5.11 Å². The van der Waals surface area contributed by atoms with Crippen molar-refractivity contribution in [1.82, 2.24) is 15.0 Å². The fourth-order valence-electron chi connectivity index (χ4n) is 0.672. The number of aliphatic hydroxyl groups excluding tert-OH is 1. The Kier molecular flexibility index (Phi) is 3.02. The van der Waals surface area contributed by atoms with Gasteiger partial charge in [-0.1, -0.05) is 21.1 Å². The molecule has 0 radical (unpaired) electrons. The van der Waals surface area contributed by atoms with E-state index in [1.54, 1.807) is 10.9 Å². The molecule has 1 aromatic heterocycles. The Labute approximate surface area is 73.3 Å². The summed E-state index contributed by atoms with van der Waals surface area (Å²) in [5.41, 5.74) is 0.609. The molecule has 1 unspecified atom stereocenters. The van der Waals surface area contributed by atoms with Crippen LogP contribution in [-0.2, 0) is 6.61 Å². The first kappa shape index (κ1) is 8.67. The summed E-state index contributed by atoms with van der Waals surface area (Å²) in [4.78, 5) is 0. The number of aliphatic hydroxyl groups is 1. The Morgan fingerprint density at radius 1 is 1.82 bits per heavy atom. The van der Waals surface area contributed by atoms with Crippen molar-refractivity contribution in [3.8, 4) is 0 Å². The molecule has 0 aliphatic rings. The normalized spacial score (nSPS) is 13.4. The Bertz CT molecular complexity index is 225. The highest BCUT2D eigenvalue weighted by Crippen LogP contribution is 2.06. The first-order chi connectivity index (χ1) is 5.27. The molecule has 62 valence electrons. The molecule has 1 heterocycles. The summed E-state index contributed by atoms with van der Waals surface area (Å²) in [7, 11) is 0. The SMILES string of the molecule is CC(CBr)n1cc(CO)nn1. The van der Waals surface area contributed by atoms with Gasteiger partial charge in [0.15, 0.2) is 0 Å². The summed E-state index contributed by atoms with van der Waals surface area (Å²) < 4.78 is 1.72. The van der Waals surface area contributed by atoms with Gasteiger partial charge in [-0.3, -0.25) is 0 Å². The van der Waals surface area contributed by atoms with Crippen molar-refractivity contribution in [2.24, 2.45) is 0 Å². The zero-order chi connectivity index (χ0) is 8.27. The number of alkyl halides is 1. The van der Waals surface area contributed by atoms with Gasteiger partial charge in [0.1, 0.15) is 5.69 Å². The molecule has 1 N–H and O–H groups in total. The summed E-state index contributed by atoms with van der Waals surface area (Å²) in [6.45, 7) is 1.97. The van der Waals surface area contributed by atoms with E-state index in [4.69, 9.17) is 5.11 Å². The number of aromatic nitrogens is 3. The lowest BCUT2D eigenvalue weighted by atomic mass is 10.4. The Morgan fingerprint density at radius 3 is 3.00 bits per heavy atom. The van der Waals surface area contributed by atoms with Gasteiger partial charge in [-0.2, -0.15) is 0 Å². The van der Waals surface area contributed by atoms with E-state index in [1.165, 1.54) is 0 Å². The molecule has 0 saturated carbocycles. The van der Waals surface area contributed by atoms with Gasteiger partial charge in [0.05, 0.1) is 18.8 Å². The highest BCUT2D eigenvalue weighted by molar-refractivity contribution is 9.09. The number of hydrogen-bond acceptors (Lipinski definition) is 3. The average Bonchev–Trinajstić information content (AvgIpc) is 2.50. The van der Waals surface area contributed by atoms with Crippen LogP contribution >= 0.6 is 15.9 Å². The fourth-order valence-corrected chi connectivity index (χ4v) is 0.969. The highest BCUT2D eigenvalue weighted by atomic mass is 79.9. The number of nitrogens with zero attached hydrogens (tertiary/aromatic N) is 3. The summed E-state index contributed by atoms with van der Waals surface area (Å²) in [6, 6.07) is 0.280. The van der Waals surface area contributed by atoms with E-state index in [0.29, 0.717) is 5.69 Å². The van der Waals surface area contributed by atoms with Gasteiger partial charge in [0.2, 0.25) is 0 Å². The van der Waals surface area contributed by atoms with Crippen LogP contribution < -0.4 is 0 Å². The standard InChI is InChI=1S/C6H10BrN3O/c1-5(2-7)10-3-6(4-11)8-9-10/h3,5,11H,2,4H2,1H3. The molecule has 0 amide bonds. The van der Waals surface area contributed by atoms with Crippen LogP contribution in [0.3, 0.4) is 0 Å². The van der Waals surface area contributed by atoms with E-state index < -0.39 is 0 Å². The number of hydrogen-bond donors (Lipinski definition) is 1. The monoisotopic (exact) mass is 219 g/mol. The van der Waals surface area contributed by atoms with Gasteiger partial charge in [0, 0.05) is 5.33 Å².